The van der Waals surface area contributed by atoms with E-state index in [4.69, 9.17) is 4.74 Å². The quantitative estimate of drug-likeness (QED) is 0.809. The van der Waals surface area contributed by atoms with Gasteiger partial charge in [-0.2, -0.15) is 8.78 Å². The number of halogens is 2. The number of alkyl halides is 2. The first-order chi connectivity index (χ1) is 10.6. The third kappa shape index (κ3) is 4.66. The van der Waals surface area contributed by atoms with Crippen LogP contribution in [0.4, 0.5) is 8.78 Å². The van der Waals surface area contributed by atoms with Crippen molar-refractivity contribution in [3.05, 3.63) is 29.8 Å². The molecule has 1 unspecified atom stereocenters. The lowest BCUT2D eigenvalue weighted by molar-refractivity contribution is -0.0499. The van der Waals surface area contributed by atoms with E-state index < -0.39 is 6.61 Å². The smallest absolute Gasteiger partial charge is 0.387 e. The maximum Gasteiger partial charge on any atom is 0.387 e. The highest BCUT2D eigenvalue weighted by molar-refractivity contribution is 5.94. The monoisotopic (exact) mass is 313 g/mol. The van der Waals surface area contributed by atoms with Crippen LogP contribution < -0.4 is 4.74 Å². The summed E-state index contributed by atoms with van der Waals surface area (Å²) in [6.07, 6.45) is 3.16. The van der Waals surface area contributed by atoms with Crippen molar-refractivity contribution in [2.45, 2.75) is 38.9 Å². The Morgan fingerprint density at radius 2 is 2.27 bits per heavy atom. The van der Waals surface area contributed by atoms with Gasteiger partial charge < -0.3 is 14.4 Å². The van der Waals surface area contributed by atoms with Gasteiger partial charge in [0.2, 0.25) is 0 Å². The van der Waals surface area contributed by atoms with Crippen LogP contribution in [-0.4, -0.2) is 43.2 Å². The Morgan fingerprint density at radius 3 is 2.91 bits per heavy atom. The minimum absolute atomic E-state index is 0.00850. The molecule has 1 atom stereocenters. The van der Waals surface area contributed by atoms with Crippen LogP contribution in [0.2, 0.25) is 0 Å². The van der Waals surface area contributed by atoms with Crippen LogP contribution in [-0.2, 0) is 4.74 Å². The molecule has 1 amide bonds. The van der Waals surface area contributed by atoms with Gasteiger partial charge in [-0.25, -0.2) is 0 Å². The molecule has 4 nitrogen and oxygen atoms in total. The molecule has 1 aromatic carbocycles. The Labute approximate surface area is 129 Å². The van der Waals surface area contributed by atoms with Crippen molar-refractivity contribution in [2.24, 2.45) is 0 Å². The molecule has 1 fully saturated rings. The number of amides is 1. The van der Waals surface area contributed by atoms with Crippen LogP contribution >= 0.6 is 0 Å². The first-order valence-electron chi connectivity index (χ1n) is 7.56. The lowest BCUT2D eigenvalue weighted by Gasteiger charge is -2.29. The molecule has 0 radical (unpaired) electrons. The van der Waals surface area contributed by atoms with Crippen LogP contribution in [0.1, 0.15) is 36.5 Å². The van der Waals surface area contributed by atoms with E-state index in [1.54, 1.807) is 11.0 Å². The normalized spacial score (nSPS) is 18.3. The number of rotatable bonds is 6. The maximum atomic E-state index is 12.5. The molecule has 1 aliphatic rings. The maximum absolute atomic E-state index is 12.5. The fraction of sp³-hybridized carbons (Fsp3) is 0.562. The zero-order chi connectivity index (χ0) is 15.9. The van der Waals surface area contributed by atoms with Crippen molar-refractivity contribution in [1.82, 2.24) is 4.90 Å². The van der Waals surface area contributed by atoms with Gasteiger partial charge in [0.1, 0.15) is 5.75 Å². The third-order valence-corrected chi connectivity index (χ3v) is 3.67. The van der Waals surface area contributed by atoms with Crippen molar-refractivity contribution in [1.29, 1.82) is 0 Å². The summed E-state index contributed by atoms with van der Waals surface area (Å²) in [5.41, 5.74) is 0.343. The molecule has 0 saturated carbocycles. The van der Waals surface area contributed by atoms with Gasteiger partial charge in [-0.1, -0.05) is 6.07 Å². The van der Waals surface area contributed by atoms with Crippen LogP contribution in [0, 0.1) is 0 Å². The molecule has 2 rings (SSSR count). The summed E-state index contributed by atoms with van der Waals surface area (Å²) in [4.78, 5) is 14.2. The molecule has 1 saturated heterocycles. The van der Waals surface area contributed by atoms with Gasteiger partial charge in [0.15, 0.2) is 0 Å². The van der Waals surface area contributed by atoms with Crippen LogP contribution in [0.5, 0.6) is 5.75 Å². The predicted octanol–water partition coefficient (Wildman–Crippen LogP) is 3.32. The first kappa shape index (κ1) is 16.7. The average molecular weight is 313 g/mol. The minimum Gasteiger partial charge on any atom is -0.435 e. The summed E-state index contributed by atoms with van der Waals surface area (Å²) in [5, 5.41) is 0. The van der Waals surface area contributed by atoms with Crippen LogP contribution in [0.25, 0.3) is 0 Å². The van der Waals surface area contributed by atoms with Gasteiger partial charge in [0.25, 0.3) is 5.91 Å². The summed E-state index contributed by atoms with van der Waals surface area (Å²) in [5.74, 6) is -0.206. The van der Waals surface area contributed by atoms with Crippen molar-refractivity contribution in [3.8, 4) is 5.75 Å². The standard InChI is InChI=1S/C16H21F2NO3/c1-2-19(11-14-7-3-4-9-21-14)15(20)12-6-5-8-13(10-12)22-16(17)18/h5-6,8,10,14,16H,2-4,7,9,11H2,1H3. The lowest BCUT2D eigenvalue weighted by Crippen LogP contribution is -2.39. The fourth-order valence-electron chi connectivity index (χ4n) is 2.54. The largest absolute Gasteiger partial charge is 0.435 e. The number of hydrogen-bond acceptors (Lipinski definition) is 3. The number of benzene rings is 1. The number of ether oxygens (including phenoxy) is 2. The molecule has 1 heterocycles. The van der Waals surface area contributed by atoms with E-state index in [9.17, 15) is 13.6 Å². The molecule has 0 spiro atoms. The Hall–Kier alpha value is -1.69. The SMILES string of the molecule is CCN(CC1CCCCO1)C(=O)c1cccc(OC(F)F)c1. The summed E-state index contributed by atoms with van der Waals surface area (Å²) < 4.78 is 34.5. The summed E-state index contributed by atoms with van der Waals surface area (Å²) in [6.45, 7) is 0.783. The number of hydrogen-bond donors (Lipinski definition) is 0. The Kier molecular flexibility index (Phi) is 6.12. The summed E-state index contributed by atoms with van der Waals surface area (Å²) in [6, 6.07) is 5.89. The van der Waals surface area contributed by atoms with Gasteiger partial charge in [-0.3, -0.25) is 4.79 Å². The van der Waals surface area contributed by atoms with Gasteiger partial charge in [0.05, 0.1) is 6.10 Å². The molecule has 0 bridgehead atoms. The molecular weight excluding hydrogens is 292 g/mol. The number of carbonyl (C=O) groups is 1. The highest BCUT2D eigenvalue weighted by Gasteiger charge is 2.21. The van der Waals surface area contributed by atoms with E-state index in [2.05, 4.69) is 4.74 Å². The molecule has 0 aromatic heterocycles. The topological polar surface area (TPSA) is 38.8 Å². The van der Waals surface area contributed by atoms with Gasteiger partial charge in [0, 0.05) is 25.3 Å². The van der Waals surface area contributed by atoms with Crippen LogP contribution in [0.15, 0.2) is 24.3 Å². The highest BCUT2D eigenvalue weighted by Crippen LogP contribution is 2.19. The minimum atomic E-state index is -2.90. The molecule has 122 valence electrons. The van der Waals surface area contributed by atoms with E-state index in [1.165, 1.54) is 18.2 Å². The average Bonchev–Trinajstić information content (AvgIpc) is 2.52. The predicted molar refractivity (Wildman–Crippen MR) is 78.2 cm³/mol. The van der Waals surface area contributed by atoms with E-state index in [-0.39, 0.29) is 17.8 Å². The van der Waals surface area contributed by atoms with Gasteiger partial charge >= 0.3 is 6.61 Å². The zero-order valence-electron chi connectivity index (χ0n) is 12.6. The van der Waals surface area contributed by atoms with E-state index in [0.29, 0.717) is 18.7 Å². The molecule has 0 aliphatic carbocycles. The number of nitrogens with zero attached hydrogens (tertiary/aromatic N) is 1. The molecule has 6 heteroatoms. The van der Waals surface area contributed by atoms with Crippen molar-refractivity contribution >= 4 is 5.91 Å². The lowest BCUT2D eigenvalue weighted by atomic mass is 10.1. The first-order valence-corrected chi connectivity index (χ1v) is 7.56. The second-order valence-electron chi connectivity index (χ2n) is 5.24. The summed E-state index contributed by atoms with van der Waals surface area (Å²) in [7, 11) is 0. The van der Waals surface area contributed by atoms with E-state index >= 15 is 0 Å². The second-order valence-corrected chi connectivity index (χ2v) is 5.24. The molecule has 0 N–H and O–H groups in total. The van der Waals surface area contributed by atoms with E-state index in [0.717, 1.165) is 25.9 Å². The Morgan fingerprint density at radius 1 is 1.45 bits per heavy atom. The fourth-order valence-corrected chi connectivity index (χ4v) is 2.54. The zero-order valence-corrected chi connectivity index (χ0v) is 12.6. The highest BCUT2D eigenvalue weighted by atomic mass is 19.3. The number of likely N-dealkylation sites (N-methyl/N-ethyl adjacent to an activating group) is 1. The van der Waals surface area contributed by atoms with Gasteiger partial charge in [-0.15, -0.1) is 0 Å². The van der Waals surface area contributed by atoms with Crippen molar-refractivity contribution in [3.63, 3.8) is 0 Å². The Bertz CT molecular complexity index is 490. The molecule has 1 aliphatic heterocycles. The third-order valence-electron chi connectivity index (χ3n) is 3.67. The van der Waals surface area contributed by atoms with Crippen molar-refractivity contribution < 1.29 is 23.0 Å². The van der Waals surface area contributed by atoms with E-state index in [1.807, 2.05) is 6.92 Å². The second kappa shape index (κ2) is 8.08. The van der Waals surface area contributed by atoms with Crippen molar-refractivity contribution in [2.75, 3.05) is 19.7 Å². The Balaban J connectivity index is 2.03. The number of carbonyl (C=O) groups excluding carboxylic acids is 1. The van der Waals surface area contributed by atoms with Gasteiger partial charge in [-0.05, 0) is 44.4 Å². The molecule has 22 heavy (non-hydrogen) atoms. The summed E-state index contributed by atoms with van der Waals surface area (Å²) >= 11 is 0. The molecule has 1 aromatic rings. The molecular formula is C16H21F2NO3. The van der Waals surface area contributed by atoms with Crippen LogP contribution in [0.3, 0.4) is 0 Å².